The van der Waals surface area contributed by atoms with E-state index < -0.39 is 0 Å². The fourth-order valence-electron chi connectivity index (χ4n) is 2.64. The summed E-state index contributed by atoms with van der Waals surface area (Å²) in [6.07, 6.45) is 3.67. The van der Waals surface area contributed by atoms with Gasteiger partial charge in [0.1, 0.15) is 5.82 Å². The van der Waals surface area contributed by atoms with E-state index in [4.69, 9.17) is 0 Å². The molecule has 1 aliphatic rings. The van der Waals surface area contributed by atoms with Gasteiger partial charge in [-0.1, -0.05) is 12.1 Å². The van der Waals surface area contributed by atoms with Crippen LogP contribution in [0.1, 0.15) is 37.3 Å². The molecule has 0 aliphatic carbocycles. The minimum Gasteiger partial charge on any atom is -0.336 e. The molecule has 1 N–H and O–H groups in total. The minimum absolute atomic E-state index is 0. The molecule has 1 atom stereocenters. The van der Waals surface area contributed by atoms with Gasteiger partial charge in [0.2, 0.25) is 5.91 Å². The monoisotopic (exact) mass is 300 g/mol. The average Bonchev–Trinajstić information content (AvgIpc) is 2.45. The summed E-state index contributed by atoms with van der Waals surface area (Å²) in [4.78, 5) is 14.2. The van der Waals surface area contributed by atoms with Gasteiger partial charge in [0, 0.05) is 19.5 Å². The second kappa shape index (κ2) is 8.22. The van der Waals surface area contributed by atoms with Crippen LogP contribution in [0, 0.1) is 5.82 Å². The highest BCUT2D eigenvalue weighted by molar-refractivity contribution is 5.85. The number of likely N-dealkylation sites (tertiary alicyclic amines) is 1. The maximum Gasteiger partial charge on any atom is 0.224 e. The Morgan fingerprint density at radius 3 is 2.70 bits per heavy atom. The number of halogens is 2. The molecule has 0 radical (unpaired) electrons. The smallest absolute Gasteiger partial charge is 0.224 e. The van der Waals surface area contributed by atoms with Gasteiger partial charge in [0.25, 0.3) is 0 Å². The maximum atomic E-state index is 13.0. The van der Waals surface area contributed by atoms with Crippen LogP contribution in [0.5, 0.6) is 0 Å². The molecule has 3 nitrogen and oxygen atoms in total. The van der Waals surface area contributed by atoms with Crippen LogP contribution < -0.4 is 5.32 Å². The SMILES string of the molecule is CNCCC(=O)N1CCCCC1c1ccc(F)cc1.Cl. The molecule has 1 fully saturated rings. The number of hydrogen-bond donors (Lipinski definition) is 1. The van der Waals surface area contributed by atoms with Crippen LogP contribution in [0.15, 0.2) is 24.3 Å². The first kappa shape index (κ1) is 16.9. The number of amides is 1. The van der Waals surface area contributed by atoms with E-state index in [1.165, 1.54) is 12.1 Å². The van der Waals surface area contributed by atoms with E-state index in [9.17, 15) is 9.18 Å². The minimum atomic E-state index is -0.229. The van der Waals surface area contributed by atoms with E-state index in [1.54, 1.807) is 12.1 Å². The van der Waals surface area contributed by atoms with Crippen molar-refractivity contribution in [2.75, 3.05) is 20.1 Å². The van der Waals surface area contributed by atoms with Gasteiger partial charge < -0.3 is 10.2 Å². The number of benzene rings is 1. The first-order valence-corrected chi connectivity index (χ1v) is 6.92. The van der Waals surface area contributed by atoms with Gasteiger partial charge in [-0.05, 0) is 44.0 Å². The first-order valence-electron chi connectivity index (χ1n) is 6.92. The largest absolute Gasteiger partial charge is 0.336 e. The molecule has 1 unspecified atom stereocenters. The van der Waals surface area contributed by atoms with E-state index in [-0.39, 0.29) is 30.2 Å². The van der Waals surface area contributed by atoms with Crippen LogP contribution in [0.4, 0.5) is 4.39 Å². The van der Waals surface area contributed by atoms with Crippen LogP contribution >= 0.6 is 12.4 Å². The van der Waals surface area contributed by atoms with Crippen LogP contribution in [-0.2, 0) is 4.79 Å². The Labute approximate surface area is 125 Å². The first-order chi connectivity index (χ1) is 9.22. The standard InChI is InChI=1S/C15H21FN2O.ClH/c1-17-10-9-15(19)18-11-3-2-4-14(18)12-5-7-13(16)8-6-12;/h5-8,14,17H,2-4,9-11H2,1H3;1H. The van der Waals surface area contributed by atoms with E-state index >= 15 is 0 Å². The predicted molar refractivity (Wildman–Crippen MR) is 80.5 cm³/mol. The van der Waals surface area contributed by atoms with Crippen molar-refractivity contribution in [2.45, 2.75) is 31.7 Å². The Morgan fingerprint density at radius 1 is 1.35 bits per heavy atom. The Morgan fingerprint density at radius 2 is 2.05 bits per heavy atom. The topological polar surface area (TPSA) is 32.3 Å². The van der Waals surface area contributed by atoms with Crippen LogP contribution in [0.3, 0.4) is 0 Å². The molecule has 1 saturated heterocycles. The molecular formula is C15H22ClFN2O. The van der Waals surface area contributed by atoms with Crippen molar-refractivity contribution in [2.24, 2.45) is 0 Å². The number of nitrogens with one attached hydrogen (secondary N) is 1. The molecule has 112 valence electrons. The Hall–Kier alpha value is -1.13. The summed E-state index contributed by atoms with van der Waals surface area (Å²) < 4.78 is 13.0. The average molecular weight is 301 g/mol. The van der Waals surface area contributed by atoms with E-state index in [1.807, 2.05) is 11.9 Å². The second-order valence-electron chi connectivity index (χ2n) is 5.00. The number of carbonyl (C=O) groups is 1. The molecule has 1 amide bonds. The van der Waals surface area contributed by atoms with Gasteiger partial charge in [-0.15, -0.1) is 12.4 Å². The molecule has 5 heteroatoms. The van der Waals surface area contributed by atoms with Crippen molar-refractivity contribution in [1.29, 1.82) is 0 Å². The number of nitrogens with zero attached hydrogens (tertiary/aromatic N) is 1. The Balaban J connectivity index is 0.00000200. The van der Waals surface area contributed by atoms with E-state index in [0.29, 0.717) is 13.0 Å². The highest BCUT2D eigenvalue weighted by atomic mass is 35.5. The van der Waals surface area contributed by atoms with Crippen molar-refractivity contribution in [3.63, 3.8) is 0 Å². The summed E-state index contributed by atoms with van der Waals surface area (Å²) in [5, 5.41) is 3.00. The summed E-state index contributed by atoms with van der Waals surface area (Å²) >= 11 is 0. The lowest BCUT2D eigenvalue weighted by Gasteiger charge is -2.36. The number of rotatable bonds is 4. The molecule has 20 heavy (non-hydrogen) atoms. The van der Waals surface area contributed by atoms with E-state index in [2.05, 4.69) is 5.32 Å². The molecule has 1 heterocycles. The summed E-state index contributed by atoms with van der Waals surface area (Å²) in [5.41, 5.74) is 1.04. The number of hydrogen-bond acceptors (Lipinski definition) is 2. The lowest BCUT2D eigenvalue weighted by Crippen LogP contribution is -2.39. The zero-order chi connectivity index (χ0) is 13.7. The molecule has 0 spiro atoms. The molecule has 0 aromatic heterocycles. The third-order valence-corrected chi connectivity index (χ3v) is 3.67. The van der Waals surface area contributed by atoms with Crippen LogP contribution in [0.2, 0.25) is 0 Å². The number of carbonyl (C=O) groups excluding carboxylic acids is 1. The fraction of sp³-hybridized carbons (Fsp3) is 0.533. The summed E-state index contributed by atoms with van der Waals surface area (Å²) in [7, 11) is 1.85. The quantitative estimate of drug-likeness (QED) is 0.927. The lowest BCUT2D eigenvalue weighted by atomic mass is 9.95. The van der Waals surface area contributed by atoms with Crippen molar-refractivity contribution in [1.82, 2.24) is 10.2 Å². The Kier molecular flexibility index (Phi) is 6.96. The van der Waals surface area contributed by atoms with Crippen molar-refractivity contribution in [3.8, 4) is 0 Å². The normalized spacial score (nSPS) is 18.5. The van der Waals surface area contributed by atoms with Crippen LogP contribution in [-0.4, -0.2) is 30.9 Å². The maximum absolute atomic E-state index is 13.0. The van der Waals surface area contributed by atoms with Gasteiger partial charge in [-0.2, -0.15) is 0 Å². The molecule has 1 aliphatic heterocycles. The highest BCUT2D eigenvalue weighted by Crippen LogP contribution is 2.31. The predicted octanol–water partition coefficient (Wildman–Crippen LogP) is 2.91. The zero-order valence-corrected chi connectivity index (χ0v) is 12.6. The molecule has 2 rings (SSSR count). The van der Waals surface area contributed by atoms with Gasteiger partial charge in [0.15, 0.2) is 0 Å². The van der Waals surface area contributed by atoms with Crippen molar-refractivity contribution >= 4 is 18.3 Å². The second-order valence-corrected chi connectivity index (χ2v) is 5.00. The Bertz CT molecular complexity index is 424. The highest BCUT2D eigenvalue weighted by Gasteiger charge is 2.27. The van der Waals surface area contributed by atoms with Crippen LogP contribution in [0.25, 0.3) is 0 Å². The van der Waals surface area contributed by atoms with Crippen molar-refractivity contribution < 1.29 is 9.18 Å². The fourth-order valence-corrected chi connectivity index (χ4v) is 2.64. The van der Waals surface area contributed by atoms with Crippen molar-refractivity contribution in [3.05, 3.63) is 35.6 Å². The van der Waals surface area contributed by atoms with Gasteiger partial charge >= 0.3 is 0 Å². The lowest BCUT2D eigenvalue weighted by molar-refractivity contribution is -0.134. The molecule has 1 aromatic carbocycles. The third kappa shape index (κ3) is 4.18. The third-order valence-electron chi connectivity index (χ3n) is 3.67. The molecule has 1 aromatic rings. The summed E-state index contributed by atoms with van der Waals surface area (Å²) in [5.74, 6) is -0.0454. The molecular weight excluding hydrogens is 279 g/mol. The summed E-state index contributed by atoms with van der Waals surface area (Å²) in [6, 6.07) is 6.65. The molecule has 0 bridgehead atoms. The zero-order valence-electron chi connectivity index (χ0n) is 11.8. The number of piperidine rings is 1. The molecule has 0 saturated carbocycles. The van der Waals surface area contributed by atoms with Gasteiger partial charge in [-0.25, -0.2) is 4.39 Å². The van der Waals surface area contributed by atoms with Gasteiger partial charge in [0.05, 0.1) is 6.04 Å². The summed E-state index contributed by atoms with van der Waals surface area (Å²) in [6.45, 7) is 1.51. The van der Waals surface area contributed by atoms with Gasteiger partial charge in [-0.3, -0.25) is 4.79 Å². The van der Waals surface area contributed by atoms with E-state index in [0.717, 1.165) is 31.4 Å².